The molecule has 1 aliphatic heterocycles. The number of para-hydroxylation sites is 2. The fourth-order valence-corrected chi connectivity index (χ4v) is 3.52. The van der Waals surface area contributed by atoms with Crippen LogP contribution in [-0.2, 0) is 4.79 Å². The SMILES string of the molecule is CCOc1ccccc1N1CC(c2noc(-c3cc(OC)cc(OC)c3)n2)CC1=O. The van der Waals surface area contributed by atoms with E-state index >= 15 is 0 Å². The molecule has 0 N–H and O–H groups in total. The van der Waals surface area contributed by atoms with Crippen molar-refractivity contribution in [3.63, 3.8) is 0 Å². The lowest BCUT2D eigenvalue weighted by Gasteiger charge is -2.19. The molecule has 0 aliphatic carbocycles. The van der Waals surface area contributed by atoms with Gasteiger partial charge >= 0.3 is 0 Å². The maximum atomic E-state index is 12.7. The second-order valence-electron chi connectivity index (χ2n) is 6.87. The van der Waals surface area contributed by atoms with Crippen LogP contribution >= 0.6 is 0 Å². The molecule has 1 fully saturated rings. The third kappa shape index (κ3) is 3.80. The number of amides is 1. The maximum absolute atomic E-state index is 12.7. The zero-order valence-electron chi connectivity index (χ0n) is 17.1. The lowest BCUT2D eigenvalue weighted by molar-refractivity contribution is -0.117. The Hall–Kier alpha value is -3.55. The molecule has 1 atom stereocenters. The van der Waals surface area contributed by atoms with Crippen LogP contribution in [0.4, 0.5) is 5.69 Å². The first-order valence-electron chi connectivity index (χ1n) is 9.72. The number of hydrogen-bond acceptors (Lipinski definition) is 7. The Morgan fingerprint density at radius 2 is 1.87 bits per heavy atom. The molecule has 2 heterocycles. The summed E-state index contributed by atoms with van der Waals surface area (Å²) in [5.41, 5.74) is 1.45. The summed E-state index contributed by atoms with van der Waals surface area (Å²) in [6.07, 6.45) is 0.306. The van der Waals surface area contributed by atoms with Gasteiger partial charge in [-0.25, -0.2) is 0 Å². The molecule has 1 unspecified atom stereocenters. The highest BCUT2D eigenvalue weighted by molar-refractivity contribution is 5.97. The van der Waals surface area contributed by atoms with Gasteiger partial charge in [-0.2, -0.15) is 4.98 Å². The van der Waals surface area contributed by atoms with Crippen LogP contribution in [0.5, 0.6) is 17.2 Å². The lowest BCUT2D eigenvalue weighted by Crippen LogP contribution is -2.25. The molecule has 1 saturated heterocycles. The highest BCUT2D eigenvalue weighted by Crippen LogP contribution is 2.36. The van der Waals surface area contributed by atoms with Gasteiger partial charge in [-0.05, 0) is 31.2 Å². The quantitative estimate of drug-likeness (QED) is 0.588. The Labute approximate surface area is 174 Å². The molecule has 1 amide bonds. The van der Waals surface area contributed by atoms with Crippen molar-refractivity contribution in [2.75, 3.05) is 32.3 Å². The molecule has 0 radical (unpaired) electrons. The van der Waals surface area contributed by atoms with Gasteiger partial charge in [0.25, 0.3) is 5.89 Å². The van der Waals surface area contributed by atoms with Crippen molar-refractivity contribution in [1.82, 2.24) is 10.1 Å². The van der Waals surface area contributed by atoms with Crippen LogP contribution in [0.1, 0.15) is 25.1 Å². The second kappa shape index (κ2) is 8.44. The number of carbonyl (C=O) groups excluding carboxylic acids is 1. The molecule has 4 rings (SSSR count). The van der Waals surface area contributed by atoms with Crippen LogP contribution in [0.2, 0.25) is 0 Å². The summed E-state index contributed by atoms with van der Waals surface area (Å²) in [6.45, 7) is 2.91. The predicted octanol–water partition coefficient (Wildman–Crippen LogP) is 3.67. The van der Waals surface area contributed by atoms with Crippen molar-refractivity contribution in [2.45, 2.75) is 19.3 Å². The van der Waals surface area contributed by atoms with Crippen molar-refractivity contribution in [3.8, 4) is 28.7 Å². The van der Waals surface area contributed by atoms with Gasteiger partial charge < -0.3 is 23.6 Å². The highest BCUT2D eigenvalue weighted by Gasteiger charge is 2.35. The number of ether oxygens (including phenoxy) is 3. The number of benzene rings is 2. The first kappa shape index (κ1) is 19.8. The third-order valence-electron chi connectivity index (χ3n) is 4.99. The van der Waals surface area contributed by atoms with E-state index in [0.717, 1.165) is 5.69 Å². The number of anilines is 1. The van der Waals surface area contributed by atoms with Gasteiger partial charge in [0.05, 0.1) is 26.5 Å². The molecule has 156 valence electrons. The highest BCUT2D eigenvalue weighted by atomic mass is 16.5. The summed E-state index contributed by atoms with van der Waals surface area (Å²) in [4.78, 5) is 19.0. The van der Waals surface area contributed by atoms with Gasteiger partial charge in [0.2, 0.25) is 5.91 Å². The number of nitrogens with zero attached hydrogens (tertiary/aromatic N) is 3. The van der Waals surface area contributed by atoms with E-state index in [0.29, 0.717) is 54.1 Å². The molecular formula is C22H23N3O5. The van der Waals surface area contributed by atoms with E-state index in [9.17, 15) is 4.79 Å². The number of methoxy groups -OCH3 is 2. The van der Waals surface area contributed by atoms with Crippen molar-refractivity contribution in [1.29, 1.82) is 0 Å². The predicted molar refractivity (Wildman–Crippen MR) is 110 cm³/mol. The fraction of sp³-hybridized carbons (Fsp3) is 0.318. The smallest absolute Gasteiger partial charge is 0.258 e. The summed E-state index contributed by atoms with van der Waals surface area (Å²) >= 11 is 0. The normalized spacial score (nSPS) is 16.0. The van der Waals surface area contributed by atoms with E-state index in [4.69, 9.17) is 18.7 Å². The van der Waals surface area contributed by atoms with Crippen LogP contribution in [0.25, 0.3) is 11.5 Å². The van der Waals surface area contributed by atoms with Gasteiger partial charge in [-0.15, -0.1) is 0 Å². The third-order valence-corrected chi connectivity index (χ3v) is 4.99. The minimum atomic E-state index is -0.169. The average molecular weight is 409 g/mol. The summed E-state index contributed by atoms with van der Waals surface area (Å²) in [5, 5.41) is 4.13. The molecule has 1 aliphatic rings. The van der Waals surface area contributed by atoms with Gasteiger partial charge in [0.1, 0.15) is 17.2 Å². The van der Waals surface area contributed by atoms with Crippen molar-refractivity contribution >= 4 is 11.6 Å². The second-order valence-corrected chi connectivity index (χ2v) is 6.87. The minimum absolute atomic E-state index is 0.00144. The van der Waals surface area contributed by atoms with Gasteiger partial charge in [0.15, 0.2) is 5.82 Å². The Morgan fingerprint density at radius 1 is 1.13 bits per heavy atom. The number of carbonyl (C=O) groups is 1. The van der Waals surface area contributed by atoms with E-state index in [1.807, 2.05) is 31.2 Å². The average Bonchev–Trinajstić information content (AvgIpc) is 3.41. The molecule has 0 saturated carbocycles. The monoisotopic (exact) mass is 409 g/mol. The van der Waals surface area contributed by atoms with E-state index in [-0.39, 0.29) is 11.8 Å². The molecule has 30 heavy (non-hydrogen) atoms. The number of hydrogen-bond donors (Lipinski definition) is 0. The molecule has 0 bridgehead atoms. The van der Waals surface area contributed by atoms with Gasteiger partial charge in [-0.3, -0.25) is 4.79 Å². The van der Waals surface area contributed by atoms with Crippen LogP contribution in [0, 0.1) is 0 Å². The summed E-state index contributed by atoms with van der Waals surface area (Å²) in [7, 11) is 3.16. The Kier molecular flexibility index (Phi) is 5.56. The van der Waals surface area contributed by atoms with Crippen LogP contribution in [0.3, 0.4) is 0 Å². The first-order chi connectivity index (χ1) is 14.6. The number of rotatable bonds is 7. The Balaban J connectivity index is 1.58. The van der Waals surface area contributed by atoms with Crippen LogP contribution < -0.4 is 19.1 Å². The van der Waals surface area contributed by atoms with Crippen LogP contribution in [-0.4, -0.2) is 43.4 Å². The number of aromatic nitrogens is 2. The lowest BCUT2D eigenvalue weighted by atomic mass is 10.1. The molecule has 8 heteroatoms. The molecule has 3 aromatic rings. The molecule has 8 nitrogen and oxygen atoms in total. The standard InChI is InChI=1S/C22H23N3O5/c1-4-29-19-8-6-5-7-18(19)25-13-15(11-20(25)26)21-23-22(30-24-21)14-9-16(27-2)12-17(10-14)28-3/h5-10,12,15H,4,11,13H2,1-3H3. The molecule has 1 aromatic heterocycles. The van der Waals surface area contributed by atoms with Crippen molar-refractivity contribution in [2.24, 2.45) is 0 Å². The summed E-state index contributed by atoms with van der Waals surface area (Å²) < 4.78 is 21.8. The molecular weight excluding hydrogens is 386 g/mol. The molecule has 2 aromatic carbocycles. The van der Waals surface area contributed by atoms with Crippen molar-refractivity contribution in [3.05, 3.63) is 48.3 Å². The fourth-order valence-electron chi connectivity index (χ4n) is 3.52. The first-order valence-corrected chi connectivity index (χ1v) is 9.72. The minimum Gasteiger partial charge on any atom is -0.497 e. The zero-order chi connectivity index (χ0) is 21.1. The van der Waals surface area contributed by atoms with E-state index in [1.165, 1.54) is 0 Å². The Morgan fingerprint density at radius 3 is 2.57 bits per heavy atom. The summed E-state index contributed by atoms with van der Waals surface area (Å²) in [6, 6.07) is 12.9. The topological polar surface area (TPSA) is 86.9 Å². The van der Waals surface area contributed by atoms with E-state index in [2.05, 4.69) is 10.1 Å². The van der Waals surface area contributed by atoms with Gasteiger partial charge in [-0.1, -0.05) is 17.3 Å². The van der Waals surface area contributed by atoms with E-state index in [1.54, 1.807) is 37.3 Å². The van der Waals surface area contributed by atoms with Gasteiger partial charge in [0, 0.05) is 30.5 Å². The Bertz CT molecular complexity index is 1030. The maximum Gasteiger partial charge on any atom is 0.258 e. The van der Waals surface area contributed by atoms with Crippen LogP contribution in [0.15, 0.2) is 47.0 Å². The zero-order valence-corrected chi connectivity index (χ0v) is 17.1. The van der Waals surface area contributed by atoms with Crippen molar-refractivity contribution < 1.29 is 23.5 Å². The largest absolute Gasteiger partial charge is 0.497 e. The summed E-state index contributed by atoms with van der Waals surface area (Å²) in [5.74, 6) is 2.61. The molecule has 0 spiro atoms. The van der Waals surface area contributed by atoms with E-state index < -0.39 is 0 Å².